The predicted octanol–water partition coefficient (Wildman–Crippen LogP) is 4.42. The summed E-state index contributed by atoms with van der Waals surface area (Å²) >= 11 is 6.13. The van der Waals surface area contributed by atoms with E-state index in [1.807, 2.05) is 50.2 Å². The van der Waals surface area contributed by atoms with Crippen LogP contribution in [0.5, 0.6) is 0 Å². The Hall–Kier alpha value is -2.33. The molecule has 1 fully saturated rings. The summed E-state index contributed by atoms with van der Waals surface area (Å²) in [6, 6.07) is 15.2. The number of benzene rings is 2. The summed E-state index contributed by atoms with van der Waals surface area (Å²) in [5.41, 5.74) is 1.68. The lowest BCUT2D eigenvalue weighted by atomic mass is 10.0. The van der Waals surface area contributed by atoms with Crippen LogP contribution in [-0.4, -0.2) is 23.3 Å². The molecule has 2 amide bonds. The molecule has 1 aliphatic carbocycles. The van der Waals surface area contributed by atoms with Gasteiger partial charge in [0, 0.05) is 23.8 Å². The molecular formula is C21H23ClN2O2. The fraction of sp³-hybridized carbons (Fsp3) is 0.333. The highest BCUT2D eigenvalue weighted by Gasteiger charge is 2.57. The molecule has 3 rings (SSSR count). The highest BCUT2D eigenvalue weighted by Crippen LogP contribution is 2.48. The molecule has 136 valence electrons. The van der Waals surface area contributed by atoms with Crippen LogP contribution in [0.4, 0.5) is 5.69 Å². The molecule has 2 aromatic carbocycles. The van der Waals surface area contributed by atoms with Crippen molar-refractivity contribution in [2.75, 3.05) is 11.9 Å². The molecule has 1 N–H and O–H groups in total. The van der Waals surface area contributed by atoms with Gasteiger partial charge in [0.2, 0.25) is 11.8 Å². The molecule has 0 spiro atoms. The summed E-state index contributed by atoms with van der Waals surface area (Å²) < 4.78 is 0. The third-order valence-electron chi connectivity index (χ3n) is 4.91. The number of halogens is 1. The average Bonchev–Trinajstić information content (AvgIpc) is 3.45. The van der Waals surface area contributed by atoms with Crippen molar-refractivity contribution in [3.8, 4) is 0 Å². The number of hydrogen-bond donors (Lipinski definition) is 1. The number of carbonyl (C=O) groups excluding carboxylic acids is 2. The second-order valence-electron chi connectivity index (χ2n) is 6.81. The molecular weight excluding hydrogens is 348 g/mol. The third-order valence-corrected chi connectivity index (χ3v) is 5.32. The van der Waals surface area contributed by atoms with Gasteiger partial charge in [-0.1, -0.05) is 48.0 Å². The lowest BCUT2D eigenvalue weighted by Crippen LogP contribution is -2.42. The van der Waals surface area contributed by atoms with Crippen LogP contribution in [0, 0.1) is 12.3 Å². The van der Waals surface area contributed by atoms with E-state index in [2.05, 4.69) is 5.32 Å². The molecule has 0 bridgehead atoms. The SMILES string of the molecule is CCN(Cc1ccccc1)C(=O)C1(C(=O)Nc2ccc(C)c(Cl)c2)CC1. The Bertz CT molecular complexity index is 816. The minimum atomic E-state index is -0.942. The van der Waals surface area contributed by atoms with E-state index in [9.17, 15) is 9.59 Å². The summed E-state index contributed by atoms with van der Waals surface area (Å²) in [6.45, 7) is 4.93. The van der Waals surface area contributed by atoms with Gasteiger partial charge in [0.05, 0.1) is 0 Å². The van der Waals surface area contributed by atoms with Crippen molar-refractivity contribution in [2.45, 2.75) is 33.2 Å². The van der Waals surface area contributed by atoms with E-state index in [0.717, 1.165) is 11.1 Å². The maximum Gasteiger partial charge on any atom is 0.240 e. The smallest absolute Gasteiger partial charge is 0.240 e. The summed E-state index contributed by atoms with van der Waals surface area (Å²) in [5, 5.41) is 3.46. The van der Waals surface area contributed by atoms with Crippen LogP contribution in [0.25, 0.3) is 0 Å². The van der Waals surface area contributed by atoms with E-state index in [0.29, 0.717) is 36.6 Å². The van der Waals surface area contributed by atoms with Crippen LogP contribution in [-0.2, 0) is 16.1 Å². The van der Waals surface area contributed by atoms with Gasteiger partial charge in [-0.05, 0) is 49.9 Å². The first-order valence-corrected chi connectivity index (χ1v) is 9.25. The molecule has 2 aromatic rings. The third kappa shape index (κ3) is 3.75. The Kier molecular flexibility index (Phi) is 5.33. The van der Waals surface area contributed by atoms with Gasteiger partial charge in [-0.3, -0.25) is 9.59 Å². The zero-order valence-corrected chi connectivity index (χ0v) is 15.8. The maximum absolute atomic E-state index is 13.1. The van der Waals surface area contributed by atoms with Crippen molar-refractivity contribution in [3.05, 3.63) is 64.7 Å². The molecule has 0 atom stereocenters. The highest BCUT2D eigenvalue weighted by molar-refractivity contribution is 6.31. The molecule has 26 heavy (non-hydrogen) atoms. The largest absolute Gasteiger partial charge is 0.338 e. The minimum Gasteiger partial charge on any atom is -0.338 e. The molecule has 0 aliphatic heterocycles. The van der Waals surface area contributed by atoms with E-state index in [-0.39, 0.29) is 11.8 Å². The van der Waals surface area contributed by atoms with Crippen LogP contribution in [0.1, 0.15) is 30.9 Å². The summed E-state index contributed by atoms with van der Waals surface area (Å²) in [4.78, 5) is 27.6. The van der Waals surface area contributed by atoms with Crippen LogP contribution >= 0.6 is 11.6 Å². The second-order valence-corrected chi connectivity index (χ2v) is 7.21. The van der Waals surface area contributed by atoms with Crippen molar-refractivity contribution in [3.63, 3.8) is 0 Å². The zero-order valence-electron chi connectivity index (χ0n) is 15.1. The van der Waals surface area contributed by atoms with E-state index < -0.39 is 5.41 Å². The summed E-state index contributed by atoms with van der Waals surface area (Å²) in [5.74, 6) is -0.339. The maximum atomic E-state index is 13.1. The van der Waals surface area contributed by atoms with Gasteiger partial charge in [-0.15, -0.1) is 0 Å². The monoisotopic (exact) mass is 370 g/mol. The first kappa shape index (κ1) is 18.5. The molecule has 0 unspecified atom stereocenters. The Morgan fingerprint density at radius 2 is 1.85 bits per heavy atom. The molecule has 5 heteroatoms. The quantitative estimate of drug-likeness (QED) is 0.765. The van der Waals surface area contributed by atoms with E-state index >= 15 is 0 Å². The number of nitrogens with one attached hydrogen (secondary N) is 1. The number of hydrogen-bond acceptors (Lipinski definition) is 2. The highest BCUT2D eigenvalue weighted by atomic mass is 35.5. The van der Waals surface area contributed by atoms with Gasteiger partial charge < -0.3 is 10.2 Å². The fourth-order valence-corrected chi connectivity index (χ4v) is 3.20. The standard InChI is InChI=1S/C21H23ClN2O2/c1-3-24(14-16-7-5-4-6-8-16)20(26)21(11-12-21)19(25)23-17-10-9-15(2)18(22)13-17/h4-10,13H,3,11-12,14H2,1-2H3,(H,23,25). The minimum absolute atomic E-state index is 0.0976. The van der Waals surface area contributed by atoms with E-state index in [1.54, 1.807) is 17.0 Å². The van der Waals surface area contributed by atoms with Crippen LogP contribution in [0.2, 0.25) is 5.02 Å². The predicted molar refractivity (Wildman–Crippen MR) is 104 cm³/mol. The number of rotatable bonds is 6. The Balaban J connectivity index is 1.72. The van der Waals surface area contributed by atoms with Crippen LogP contribution < -0.4 is 5.32 Å². The fourth-order valence-electron chi connectivity index (χ4n) is 3.02. The van der Waals surface area contributed by atoms with Gasteiger partial charge in [-0.25, -0.2) is 0 Å². The molecule has 1 aliphatic rings. The molecule has 4 nitrogen and oxygen atoms in total. The molecule has 0 aromatic heterocycles. The normalized spacial score (nSPS) is 14.6. The number of amides is 2. The van der Waals surface area contributed by atoms with Crippen LogP contribution in [0.15, 0.2) is 48.5 Å². The lowest BCUT2D eigenvalue weighted by molar-refractivity contribution is -0.142. The van der Waals surface area contributed by atoms with Gasteiger partial charge in [0.1, 0.15) is 5.41 Å². The van der Waals surface area contributed by atoms with E-state index in [4.69, 9.17) is 11.6 Å². The van der Waals surface area contributed by atoms with Crippen molar-refractivity contribution in [1.82, 2.24) is 4.90 Å². The number of nitrogens with zero attached hydrogens (tertiary/aromatic N) is 1. The Labute approximate surface area is 159 Å². The first-order valence-electron chi connectivity index (χ1n) is 8.87. The van der Waals surface area contributed by atoms with Gasteiger partial charge >= 0.3 is 0 Å². The lowest BCUT2D eigenvalue weighted by Gasteiger charge is -2.26. The number of anilines is 1. The summed E-state index contributed by atoms with van der Waals surface area (Å²) in [6.07, 6.45) is 1.17. The average molecular weight is 371 g/mol. The molecule has 1 saturated carbocycles. The van der Waals surface area contributed by atoms with Crippen LogP contribution in [0.3, 0.4) is 0 Å². The molecule has 0 heterocycles. The molecule has 0 radical (unpaired) electrons. The number of aryl methyl sites for hydroxylation is 1. The Morgan fingerprint density at radius 1 is 1.15 bits per heavy atom. The Morgan fingerprint density at radius 3 is 2.42 bits per heavy atom. The van der Waals surface area contributed by atoms with Gasteiger partial charge in [0.25, 0.3) is 0 Å². The van der Waals surface area contributed by atoms with Gasteiger partial charge in [0.15, 0.2) is 0 Å². The van der Waals surface area contributed by atoms with Gasteiger partial charge in [-0.2, -0.15) is 0 Å². The van der Waals surface area contributed by atoms with Crippen molar-refractivity contribution in [2.24, 2.45) is 5.41 Å². The summed E-state index contributed by atoms with van der Waals surface area (Å²) in [7, 11) is 0. The molecule has 0 saturated heterocycles. The van der Waals surface area contributed by atoms with Crippen molar-refractivity contribution < 1.29 is 9.59 Å². The van der Waals surface area contributed by atoms with E-state index in [1.165, 1.54) is 0 Å². The first-order chi connectivity index (χ1) is 12.5. The van der Waals surface area contributed by atoms with Crippen molar-refractivity contribution >= 4 is 29.1 Å². The zero-order chi connectivity index (χ0) is 18.7. The van der Waals surface area contributed by atoms with Crippen molar-refractivity contribution in [1.29, 1.82) is 0 Å². The number of carbonyl (C=O) groups is 2. The second kappa shape index (κ2) is 7.50. The topological polar surface area (TPSA) is 49.4 Å².